The minimum atomic E-state index is -2.78. The van der Waals surface area contributed by atoms with Gasteiger partial charge in [0.15, 0.2) is 5.17 Å². The van der Waals surface area contributed by atoms with Crippen LogP contribution in [0.5, 0.6) is 0 Å². The lowest BCUT2D eigenvalue weighted by atomic mass is 9.81. The highest BCUT2D eigenvalue weighted by atomic mass is 32.2. The van der Waals surface area contributed by atoms with Gasteiger partial charge in [-0.25, -0.2) is 18.2 Å². The summed E-state index contributed by atoms with van der Waals surface area (Å²) in [5.41, 5.74) is 5.11. The molecule has 3 atom stereocenters. The van der Waals surface area contributed by atoms with E-state index in [0.29, 0.717) is 28.6 Å². The second-order valence-electron chi connectivity index (χ2n) is 7.46. The maximum atomic E-state index is 15.0. The monoisotopic (exact) mass is 451 g/mol. The molecule has 1 aromatic carbocycles. The number of amides is 1. The molecule has 31 heavy (non-hydrogen) atoms. The zero-order valence-corrected chi connectivity index (χ0v) is 17.3. The molecule has 7 nitrogen and oxygen atoms in total. The van der Waals surface area contributed by atoms with Crippen LogP contribution < -0.4 is 11.1 Å². The quantitative estimate of drug-likeness (QED) is 0.722. The number of fused-ring (bicyclic) bond motifs is 1. The molecule has 1 amide bonds. The normalized spacial score (nSPS) is 25.3. The van der Waals surface area contributed by atoms with Crippen molar-refractivity contribution in [3.05, 3.63) is 53.4 Å². The first-order valence-corrected chi connectivity index (χ1v) is 10.5. The van der Waals surface area contributed by atoms with E-state index >= 15 is 0 Å². The van der Waals surface area contributed by atoms with Crippen LogP contribution in [-0.4, -0.2) is 40.0 Å². The standard InChI is InChI=1S/C20H20F3N5O2S/c1-30-12-4-10-9-31-19(24)28-20(10,6-12)13-5-11(2-3-14(13)21)27-18(29)16-8-25-15(7-26-16)17(22)23/h2-3,5,7-8,10,12,17H,4,6,9H2,1H3,(H2,24,28)(H,27,29)/t10?,12-,20+/m1/s1. The number of nitrogens with two attached hydrogens (primary N) is 1. The van der Waals surface area contributed by atoms with Crippen LogP contribution in [0.2, 0.25) is 0 Å². The molecule has 2 aliphatic rings. The summed E-state index contributed by atoms with van der Waals surface area (Å²) >= 11 is 1.43. The van der Waals surface area contributed by atoms with E-state index in [0.717, 1.165) is 18.8 Å². The molecule has 0 radical (unpaired) electrons. The van der Waals surface area contributed by atoms with E-state index in [4.69, 9.17) is 10.5 Å². The van der Waals surface area contributed by atoms with Crippen LogP contribution in [0.25, 0.3) is 0 Å². The first kappa shape index (κ1) is 21.6. The van der Waals surface area contributed by atoms with Crippen molar-refractivity contribution in [2.24, 2.45) is 16.6 Å². The molecule has 0 bridgehead atoms. The first-order chi connectivity index (χ1) is 14.8. The molecule has 1 aromatic heterocycles. The second-order valence-corrected chi connectivity index (χ2v) is 8.50. The van der Waals surface area contributed by atoms with E-state index in [1.165, 1.54) is 30.0 Å². The van der Waals surface area contributed by atoms with Gasteiger partial charge in [-0.05, 0) is 24.6 Å². The summed E-state index contributed by atoms with van der Waals surface area (Å²) in [7, 11) is 1.61. The van der Waals surface area contributed by atoms with Crippen molar-refractivity contribution >= 4 is 28.5 Å². The average Bonchev–Trinajstić information content (AvgIpc) is 3.14. The lowest BCUT2D eigenvalue weighted by molar-refractivity contribution is 0.101. The third-order valence-electron chi connectivity index (χ3n) is 5.66. The Labute approximate surface area is 180 Å². The SMILES string of the molecule is CO[C@@H]1CC2CSC(N)=N[C@@]2(c2cc(NC(=O)c3cnc(C(F)F)cn3)ccc2F)C1. The van der Waals surface area contributed by atoms with Crippen LogP contribution in [0.1, 0.15) is 41.0 Å². The van der Waals surface area contributed by atoms with Crippen molar-refractivity contribution in [1.29, 1.82) is 0 Å². The van der Waals surface area contributed by atoms with Crippen LogP contribution >= 0.6 is 11.8 Å². The Balaban J connectivity index is 1.64. The number of ether oxygens (including phenoxy) is 1. The predicted molar refractivity (Wildman–Crippen MR) is 111 cm³/mol. The number of benzene rings is 1. The van der Waals surface area contributed by atoms with Crippen LogP contribution in [-0.2, 0) is 10.3 Å². The van der Waals surface area contributed by atoms with Crippen LogP contribution in [0.4, 0.5) is 18.9 Å². The highest BCUT2D eigenvalue weighted by Crippen LogP contribution is 2.52. The number of methoxy groups -OCH3 is 1. The Kier molecular flexibility index (Phi) is 5.89. The third-order valence-corrected chi connectivity index (χ3v) is 6.61. The molecule has 1 aliphatic heterocycles. The smallest absolute Gasteiger partial charge is 0.281 e. The van der Waals surface area contributed by atoms with Gasteiger partial charge in [-0.2, -0.15) is 0 Å². The van der Waals surface area contributed by atoms with Gasteiger partial charge in [0.25, 0.3) is 12.3 Å². The van der Waals surface area contributed by atoms with Gasteiger partial charge in [0, 0.05) is 36.5 Å². The summed E-state index contributed by atoms with van der Waals surface area (Å²) in [4.78, 5) is 24.4. The number of nitrogens with zero attached hydrogens (tertiary/aromatic N) is 3. The molecule has 164 valence electrons. The van der Waals surface area contributed by atoms with E-state index in [9.17, 15) is 18.0 Å². The number of aliphatic imine (C=N–C) groups is 1. The van der Waals surface area contributed by atoms with E-state index in [2.05, 4.69) is 20.3 Å². The summed E-state index contributed by atoms with van der Waals surface area (Å²) in [5.74, 6) is -0.382. The fourth-order valence-corrected chi connectivity index (χ4v) is 5.15. The number of nitrogens with one attached hydrogen (secondary N) is 1. The average molecular weight is 451 g/mol. The van der Waals surface area contributed by atoms with Gasteiger partial charge in [-0.15, -0.1) is 0 Å². The van der Waals surface area contributed by atoms with Gasteiger partial charge in [0.05, 0.1) is 24.0 Å². The molecule has 3 N–H and O–H groups in total. The molecule has 2 aromatic rings. The number of aromatic nitrogens is 2. The van der Waals surface area contributed by atoms with Crippen LogP contribution in [0.3, 0.4) is 0 Å². The van der Waals surface area contributed by atoms with Crippen molar-refractivity contribution in [2.45, 2.75) is 30.9 Å². The van der Waals surface area contributed by atoms with E-state index < -0.39 is 29.4 Å². The molecule has 2 heterocycles. The zero-order chi connectivity index (χ0) is 22.2. The van der Waals surface area contributed by atoms with E-state index in [-0.39, 0.29) is 17.7 Å². The number of carbonyl (C=O) groups excluding carboxylic acids is 1. The summed E-state index contributed by atoms with van der Waals surface area (Å²) in [6.45, 7) is 0. The summed E-state index contributed by atoms with van der Waals surface area (Å²) in [6, 6.07) is 4.21. The fraction of sp³-hybridized carbons (Fsp3) is 0.400. The molecule has 11 heteroatoms. The molecule has 0 spiro atoms. The van der Waals surface area contributed by atoms with Crippen molar-refractivity contribution in [3.8, 4) is 0 Å². The highest BCUT2D eigenvalue weighted by Gasteiger charge is 2.52. The van der Waals surface area contributed by atoms with Gasteiger partial charge in [-0.1, -0.05) is 11.8 Å². The lowest BCUT2D eigenvalue weighted by Gasteiger charge is -2.36. The number of rotatable bonds is 5. The predicted octanol–water partition coefficient (Wildman–Crippen LogP) is 3.49. The van der Waals surface area contributed by atoms with Crippen LogP contribution in [0, 0.1) is 11.7 Å². The van der Waals surface area contributed by atoms with Gasteiger partial charge in [0.2, 0.25) is 0 Å². The van der Waals surface area contributed by atoms with Crippen molar-refractivity contribution in [3.63, 3.8) is 0 Å². The van der Waals surface area contributed by atoms with E-state index in [1.807, 2.05) is 0 Å². The number of carbonyl (C=O) groups is 1. The lowest BCUT2D eigenvalue weighted by Crippen LogP contribution is -2.37. The second kappa shape index (κ2) is 8.46. The first-order valence-electron chi connectivity index (χ1n) is 9.55. The maximum Gasteiger partial charge on any atom is 0.281 e. The van der Waals surface area contributed by atoms with Gasteiger partial charge >= 0.3 is 0 Å². The zero-order valence-electron chi connectivity index (χ0n) is 16.5. The Bertz CT molecular complexity index is 1020. The number of alkyl halides is 2. The Morgan fingerprint density at radius 3 is 2.84 bits per heavy atom. The van der Waals surface area contributed by atoms with Crippen molar-refractivity contribution in [1.82, 2.24) is 9.97 Å². The summed E-state index contributed by atoms with van der Waals surface area (Å²) < 4.78 is 45.7. The molecule has 0 saturated heterocycles. The minimum Gasteiger partial charge on any atom is -0.381 e. The Hall–Kier alpha value is -2.66. The Morgan fingerprint density at radius 2 is 2.16 bits per heavy atom. The van der Waals surface area contributed by atoms with Crippen LogP contribution in [0.15, 0.2) is 35.6 Å². The number of thioether (sulfide) groups is 1. The molecule has 1 saturated carbocycles. The minimum absolute atomic E-state index is 0.0305. The topological polar surface area (TPSA) is 102 Å². The number of anilines is 1. The number of amidine groups is 1. The third kappa shape index (κ3) is 4.11. The molecule has 1 unspecified atom stereocenters. The molecule has 1 fully saturated rings. The Morgan fingerprint density at radius 1 is 1.35 bits per heavy atom. The number of hydrogen-bond acceptors (Lipinski definition) is 7. The maximum absolute atomic E-state index is 15.0. The molecule has 4 rings (SSSR count). The van der Waals surface area contributed by atoms with Crippen molar-refractivity contribution in [2.75, 3.05) is 18.2 Å². The number of halogens is 3. The molecule has 1 aliphatic carbocycles. The van der Waals surface area contributed by atoms with Crippen molar-refractivity contribution < 1.29 is 22.7 Å². The van der Waals surface area contributed by atoms with Gasteiger partial charge in [-0.3, -0.25) is 14.8 Å². The molecular formula is C20H20F3N5O2S. The molecular weight excluding hydrogens is 431 g/mol. The van der Waals surface area contributed by atoms with E-state index in [1.54, 1.807) is 7.11 Å². The summed E-state index contributed by atoms with van der Waals surface area (Å²) in [5, 5.41) is 3.00. The largest absolute Gasteiger partial charge is 0.381 e. The fourth-order valence-electron chi connectivity index (χ4n) is 4.13. The van der Waals surface area contributed by atoms with Gasteiger partial charge in [0.1, 0.15) is 17.2 Å². The summed E-state index contributed by atoms with van der Waals surface area (Å²) in [6.07, 6.45) is 0.161. The number of hydrogen-bond donors (Lipinski definition) is 2. The van der Waals surface area contributed by atoms with Gasteiger partial charge < -0.3 is 15.8 Å². The highest BCUT2D eigenvalue weighted by molar-refractivity contribution is 8.13.